The SMILES string of the molecule is CCSC(C(=O)N1C[C@@H]2CCC[C@@]2(C(=O)O)C1)C(C)C. The van der Waals surface area contributed by atoms with Gasteiger partial charge in [0.15, 0.2) is 0 Å². The highest BCUT2D eigenvalue weighted by molar-refractivity contribution is 8.00. The minimum atomic E-state index is -0.709. The van der Waals surface area contributed by atoms with Gasteiger partial charge >= 0.3 is 5.97 Å². The third kappa shape index (κ3) is 2.57. The minimum absolute atomic E-state index is 0.0373. The van der Waals surface area contributed by atoms with Gasteiger partial charge in [0.2, 0.25) is 5.91 Å². The maximum atomic E-state index is 12.7. The first-order chi connectivity index (χ1) is 9.42. The van der Waals surface area contributed by atoms with E-state index in [1.807, 2.05) is 4.90 Å². The van der Waals surface area contributed by atoms with E-state index in [0.717, 1.165) is 25.0 Å². The second-order valence-corrected chi connectivity index (χ2v) is 7.81. The molecule has 2 fully saturated rings. The molecule has 3 atom stereocenters. The number of carboxylic acid groups (broad SMARTS) is 1. The Balaban J connectivity index is 2.12. The number of nitrogens with zero attached hydrogens (tertiary/aromatic N) is 1. The van der Waals surface area contributed by atoms with E-state index in [9.17, 15) is 14.7 Å². The van der Waals surface area contributed by atoms with Gasteiger partial charge in [0, 0.05) is 13.1 Å². The summed E-state index contributed by atoms with van der Waals surface area (Å²) in [7, 11) is 0. The lowest BCUT2D eigenvalue weighted by Crippen LogP contribution is -2.41. The first kappa shape index (κ1) is 15.7. The lowest BCUT2D eigenvalue weighted by Gasteiger charge is -2.27. The Kier molecular flexibility index (Phi) is 4.67. The van der Waals surface area contributed by atoms with Gasteiger partial charge in [-0.2, -0.15) is 0 Å². The quantitative estimate of drug-likeness (QED) is 0.847. The maximum absolute atomic E-state index is 12.7. The third-order valence-corrected chi connectivity index (χ3v) is 6.24. The Labute approximate surface area is 125 Å². The Bertz CT molecular complexity index is 399. The number of aliphatic carboxylic acids is 1. The van der Waals surface area contributed by atoms with Crippen LogP contribution in [0.5, 0.6) is 0 Å². The highest BCUT2D eigenvalue weighted by atomic mass is 32.2. The van der Waals surface area contributed by atoms with E-state index in [2.05, 4.69) is 20.8 Å². The zero-order chi connectivity index (χ0) is 14.9. The monoisotopic (exact) mass is 299 g/mol. The highest BCUT2D eigenvalue weighted by Gasteiger charge is 2.56. The lowest BCUT2D eigenvalue weighted by molar-refractivity contribution is -0.149. The molecule has 0 aromatic heterocycles. The number of thioether (sulfide) groups is 1. The second kappa shape index (κ2) is 5.96. The molecule has 1 saturated heterocycles. The average Bonchev–Trinajstić information content (AvgIpc) is 2.91. The molecule has 1 N–H and O–H groups in total. The molecule has 1 saturated carbocycles. The summed E-state index contributed by atoms with van der Waals surface area (Å²) in [5.74, 6) is 0.786. The predicted molar refractivity (Wildman–Crippen MR) is 80.7 cm³/mol. The number of amides is 1. The molecule has 1 aliphatic carbocycles. The summed E-state index contributed by atoms with van der Waals surface area (Å²) in [5, 5.41) is 9.54. The summed E-state index contributed by atoms with van der Waals surface area (Å²) < 4.78 is 0. The van der Waals surface area contributed by atoms with Gasteiger partial charge in [0.1, 0.15) is 0 Å². The number of rotatable bonds is 5. The van der Waals surface area contributed by atoms with Crippen molar-refractivity contribution >= 4 is 23.6 Å². The summed E-state index contributed by atoms with van der Waals surface area (Å²) in [6.45, 7) is 7.24. The molecule has 1 unspecified atom stereocenters. The van der Waals surface area contributed by atoms with Gasteiger partial charge < -0.3 is 10.0 Å². The molecule has 0 aromatic carbocycles. The first-order valence-electron chi connectivity index (χ1n) is 7.56. The van der Waals surface area contributed by atoms with Crippen LogP contribution in [0.3, 0.4) is 0 Å². The van der Waals surface area contributed by atoms with E-state index in [4.69, 9.17) is 0 Å². The minimum Gasteiger partial charge on any atom is -0.481 e. The number of hydrogen-bond donors (Lipinski definition) is 1. The molecule has 4 nitrogen and oxygen atoms in total. The van der Waals surface area contributed by atoms with Crippen molar-refractivity contribution in [2.75, 3.05) is 18.8 Å². The molecule has 20 heavy (non-hydrogen) atoms. The van der Waals surface area contributed by atoms with E-state index in [-0.39, 0.29) is 23.0 Å². The van der Waals surface area contributed by atoms with Gasteiger partial charge in [0.05, 0.1) is 10.7 Å². The molecule has 1 heterocycles. The van der Waals surface area contributed by atoms with Gasteiger partial charge in [-0.05, 0) is 30.4 Å². The predicted octanol–water partition coefficient (Wildman–Crippen LogP) is 2.48. The van der Waals surface area contributed by atoms with E-state index >= 15 is 0 Å². The van der Waals surface area contributed by atoms with Gasteiger partial charge in [-0.25, -0.2) is 0 Å². The fraction of sp³-hybridized carbons (Fsp3) is 0.867. The summed E-state index contributed by atoms with van der Waals surface area (Å²) >= 11 is 1.68. The Morgan fingerprint density at radius 1 is 1.45 bits per heavy atom. The summed E-state index contributed by atoms with van der Waals surface area (Å²) in [4.78, 5) is 26.2. The van der Waals surface area contributed by atoms with Crippen LogP contribution in [0.2, 0.25) is 0 Å². The summed E-state index contributed by atoms with van der Waals surface area (Å²) in [6.07, 6.45) is 2.66. The fourth-order valence-electron chi connectivity index (χ4n) is 3.72. The molecular formula is C15H25NO3S. The van der Waals surface area contributed by atoms with Gasteiger partial charge in [-0.1, -0.05) is 27.2 Å². The standard InChI is InChI=1S/C15H25NO3S/c1-4-20-12(10(2)3)13(17)16-8-11-6-5-7-15(11,9-16)14(18)19/h10-12H,4-9H2,1-3H3,(H,18,19)/t11-,12?,15+/m0/s1. The van der Waals surface area contributed by atoms with Crippen molar-refractivity contribution in [1.29, 1.82) is 0 Å². The Morgan fingerprint density at radius 2 is 2.15 bits per heavy atom. The van der Waals surface area contributed by atoms with E-state index in [1.165, 1.54) is 0 Å². The van der Waals surface area contributed by atoms with Crippen molar-refractivity contribution in [2.45, 2.75) is 45.3 Å². The molecule has 0 radical (unpaired) electrons. The highest BCUT2D eigenvalue weighted by Crippen LogP contribution is 2.49. The largest absolute Gasteiger partial charge is 0.481 e. The van der Waals surface area contributed by atoms with E-state index < -0.39 is 11.4 Å². The summed E-state index contributed by atoms with van der Waals surface area (Å²) in [5.41, 5.74) is -0.659. The molecule has 1 amide bonds. The zero-order valence-electron chi connectivity index (χ0n) is 12.6. The van der Waals surface area contributed by atoms with Crippen LogP contribution in [0.1, 0.15) is 40.0 Å². The zero-order valence-corrected chi connectivity index (χ0v) is 13.4. The molecule has 5 heteroatoms. The number of carbonyl (C=O) groups is 2. The van der Waals surface area contributed by atoms with Crippen molar-refractivity contribution in [2.24, 2.45) is 17.3 Å². The van der Waals surface area contributed by atoms with Crippen LogP contribution in [0.15, 0.2) is 0 Å². The number of hydrogen-bond acceptors (Lipinski definition) is 3. The average molecular weight is 299 g/mol. The van der Waals surface area contributed by atoms with E-state index in [1.54, 1.807) is 11.8 Å². The number of carboxylic acids is 1. The molecule has 2 aliphatic rings. The number of fused-ring (bicyclic) bond motifs is 1. The van der Waals surface area contributed by atoms with Crippen LogP contribution < -0.4 is 0 Å². The number of carbonyl (C=O) groups excluding carboxylic acids is 1. The van der Waals surface area contributed by atoms with Crippen LogP contribution in [0.4, 0.5) is 0 Å². The number of likely N-dealkylation sites (tertiary alicyclic amines) is 1. The summed E-state index contributed by atoms with van der Waals surface area (Å²) in [6, 6.07) is 0. The fourth-order valence-corrected chi connectivity index (χ4v) is 4.75. The molecular weight excluding hydrogens is 274 g/mol. The van der Waals surface area contributed by atoms with E-state index in [0.29, 0.717) is 13.1 Å². The molecule has 0 aromatic rings. The molecule has 2 rings (SSSR count). The topological polar surface area (TPSA) is 57.6 Å². The molecule has 0 spiro atoms. The van der Waals surface area contributed by atoms with Crippen molar-refractivity contribution in [3.05, 3.63) is 0 Å². The Hall–Kier alpha value is -0.710. The Morgan fingerprint density at radius 3 is 2.65 bits per heavy atom. The first-order valence-corrected chi connectivity index (χ1v) is 8.61. The van der Waals surface area contributed by atoms with Crippen molar-refractivity contribution < 1.29 is 14.7 Å². The van der Waals surface area contributed by atoms with Gasteiger partial charge in [-0.15, -0.1) is 11.8 Å². The maximum Gasteiger partial charge on any atom is 0.311 e. The van der Waals surface area contributed by atoms with Crippen LogP contribution >= 0.6 is 11.8 Å². The molecule has 114 valence electrons. The third-order valence-electron chi connectivity index (χ3n) is 4.80. The molecule has 0 bridgehead atoms. The van der Waals surface area contributed by atoms with Crippen LogP contribution in [-0.2, 0) is 9.59 Å². The smallest absolute Gasteiger partial charge is 0.311 e. The van der Waals surface area contributed by atoms with Gasteiger partial charge in [-0.3, -0.25) is 9.59 Å². The van der Waals surface area contributed by atoms with Crippen molar-refractivity contribution in [3.8, 4) is 0 Å². The van der Waals surface area contributed by atoms with Crippen molar-refractivity contribution in [3.63, 3.8) is 0 Å². The van der Waals surface area contributed by atoms with Gasteiger partial charge in [0.25, 0.3) is 0 Å². The van der Waals surface area contributed by atoms with Crippen LogP contribution in [0, 0.1) is 17.3 Å². The van der Waals surface area contributed by atoms with Crippen molar-refractivity contribution in [1.82, 2.24) is 4.90 Å². The second-order valence-electron chi connectivity index (χ2n) is 6.39. The van der Waals surface area contributed by atoms with Crippen LogP contribution in [-0.4, -0.2) is 46.0 Å². The normalized spacial score (nSPS) is 30.6. The lowest BCUT2D eigenvalue weighted by atomic mass is 9.81. The van der Waals surface area contributed by atoms with Crippen LogP contribution in [0.25, 0.3) is 0 Å². The molecule has 1 aliphatic heterocycles.